The Labute approximate surface area is 199 Å². The van der Waals surface area contributed by atoms with E-state index in [-0.39, 0.29) is 36.0 Å². The summed E-state index contributed by atoms with van der Waals surface area (Å²) in [5.74, 6) is 1.30. The van der Waals surface area contributed by atoms with Gasteiger partial charge in [0.05, 0.1) is 12.5 Å². The van der Waals surface area contributed by atoms with Gasteiger partial charge in [-0.3, -0.25) is 14.4 Å². The minimum Gasteiger partial charge on any atom is -0.486 e. The van der Waals surface area contributed by atoms with E-state index in [1.54, 1.807) is 25.1 Å². The molecule has 0 bridgehead atoms. The first kappa shape index (κ1) is 22.4. The Kier molecular flexibility index (Phi) is 6.26. The number of ether oxygens (including phenoxy) is 2. The third kappa shape index (κ3) is 4.39. The lowest BCUT2D eigenvalue weighted by Crippen LogP contribution is -2.44. The molecule has 0 aliphatic carbocycles. The van der Waals surface area contributed by atoms with E-state index in [4.69, 9.17) is 9.47 Å². The summed E-state index contributed by atoms with van der Waals surface area (Å²) in [7, 11) is 0. The van der Waals surface area contributed by atoms with Gasteiger partial charge in [-0.15, -0.1) is 0 Å². The predicted molar refractivity (Wildman–Crippen MR) is 126 cm³/mol. The molecule has 2 amide bonds. The molecule has 3 aliphatic rings. The van der Waals surface area contributed by atoms with Crippen LogP contribution in [0.3, 0.4) is 0 Å². The summed E-state index contributed by atoms with van der Waals surface area (Å²) in [4.78, 5) is 42.2. The molecule has 7 nitrogen and oxygen atoms in total. The van der Waals surface area contributed by atoms with Crippen molar-refractivity contribution in [2.45, 2.75) is 38.6 Å². The predicted octanol–water partition coefficient (Wildman–Crippen LogP) is 3.42. The van der Waals surface area contributed by atoms with Gasteiger partial charge < -0.3 is 19.3 Å². The van der Waals surface area contributed by atoms with Crippen molar-refractivity contribution >= 4 is 17.6 Å². The Morgan fingerprint density at radius 1 is 0.941 bits per heavy atom. The van der Waals surface area contributed by atoms with E-state index in [0.29, 0.717) is 62.8 Å². The summed E-state index contributed by atoms with van der Waals surface area (Å²) >= 11 is 0. The van der Waals surface area contributed by atoms with Crippen molar-refractivity contribution in [1.29, 1.82) is 0 Å². The van der Waals surface area contributed by atoms with Gasteiger partial charge >= 0.3 is 0 Å². The van der Waals surface area contributed by atoms with E-state index in [0.717, 1.165) is 12.0 Å². The molecule has 1 saturated heterocycles. The second-order valence-electron chi connectivity index (χ2n) is 9.26. The largest absolute Gasteiger partial charge is 0.486 e. The van der Waals surface area contributed by atoms with E-state index in [9.17, 15) is 14.4 Å². The van der Waals surface area contributed by atoms with Crippen LogP contribution in [-0.2, 0) is 16.0 Å². The summed E-state index contributed by atoms with van der Waals surface area (Å²) in [5, 5.41) is 0. The summed E-state index contributed by atoms with van der Waals surface area (Å²) < 4.78 is 11.2. The van der Waals surface area contributed by atoms with Crippen LogP contribution in [0.25, 0.3) is 0 Å². The molecule has 1 fully saturated rings. The van der Waals surface area contributed by atoms with E-state index in [1.807, 2.05) is 28.0 Å². The molecule has 2 aromatic rings. The van der Waals surface area contributed by atoms with Crippen LogP contribution in [-0.4, -0.2) is 60.2 Å². The quantitative estimate of drug-likeness (QED) is 0.651. The normalized spacial score (nSPS) is 20.0. The maximum atomic E-state index is 13.2. The van der Waals surface area contributed by atoms with Gasteiger partial charge in [-0.25, -0.2) is 0 Å². The summed E-state index contributed by atoms with van der Waals surface area (Å²) in [5.41, 5.74) is 2.91. The van der Waals surface area contributed by atoms with Crippen molar-refractivity contribution in [1.82, 2.24) is 9.80 Å². The van der Waals surface area contributed by atoms with Gasteiger partial charge in [-0.05, 0) is 48.6 Å². The highest BCUT2D eigenvalue weighted by Gasteiger charge is 2.34. The van der Waals surface area contributed by atoms with Crippen molar-refractivity contribution in [3.8, 4) is 11.5 Å². The molecular weight excluding hydrogens is 432 g/mol. The first-order chi connectivity index (χ1) is 16.5. The molecule has 0 N–H and O–H groups in total. The topological polar surface area (TPSA) is 76.2 Å². The number of carbonyl (C=O) groups is 3. The third-order valence-electron chi connectivity index (χ3n) is 7.23. The fourth-order valence-electron chi connectivity index (χ4n) is 5.37. The maximum absolute atomic E-state index is 13.2. The third-order valence-corrected chi connectivity index (χ3v) is 7.23. The van der Waals surface area contributed by atoms with Crippen molar-refractivity contribution in [2.75, 3.05) is 32.8 Å². The average molecular weight is 463 g/mol. The number of hydrogen-bond acceptors (Lipinski definition) is 5. The zero-order valence-electron chi connectivity index (χ0n) is 19.5. The molecule has 3 aliphatic heterocycles. The molecule has 0 aromatic heterocycles. The summed E-state index contributed by atoms with van der Waals surface area (Å²) in [6, 6.07) is 13.2. The van der Waals surface area contributed by atoms with Gasteiger partial charge in [-0.1, -0.05) is 24.3 Å². The van der Waals surface area contributed by atoms with Crippen molar-refractivity contribution in [3.05, 3.63) is 59.2 Å². The first-order valence-corrected chi connectivity index (χ1v) is 12.1. The van der Waals surface area contributed by atoms with Crippen LogP contribution in [0.1, 0.15) is 53.7 Å². The number of benzene rings is 2. The Morgan fingerprint density at radius 3 is 2.44 bits per heavy atom. The SMILES string of the molecule is CC(=O)N1CCc2ccccc2C1CC(=O)N1CCC(C(=O)c2ccc3c(c2)OCCO3)CC1. The van der Waals surface area contributed by atoms with Crippen molar-refractivity contribution in [3.63, 3.8) is 0 Å². The number of nitrogens with zero attached hydrogens (tertiary/aromatic N) is 2. The van der Waals surface area contributed by atoms with Gasteiger partial charge in [0.25, 0.3) is 0 Å². The number of Topliss-reactive ketones (excluding diaryl/α,β-unsaturated/α-hetero) is 1. The zero-order valence-corrected chi connectivity index (χ0v) is 19.5. The van der Waals surface area contributed by atoms with Crippen LogP contribution in [0, 0.1) is 5.92 Å². The van der Waals surface area contributed by atoms with E-state index < -0.39 is 0 Å². The average Bonchev–Trinajstić information content (AvgIpc) is 2.88. The van der Waals surface area contributed by atoms with Crippen LogP contribution >= 0.6 is 0 Å². The van der Waals surface area contributed by atoms with Gasteiger partial charge in [0.1, 0.15) is 13.2 Å². The number of rotatable bonds is 4. The number of hydrogen-bond donors (Lipinski definition) is 0. The monoisotopic (exact) mass is 462 g/mol. The molecule has 0 spiro atoms. The highest BCUT2D eigenvalue weighted by molar-refractivity contribution is 5.98. The lowest BCUT2D eigenvalue weighted by Gasteiger charge is -2.38. The first-order valence-electron chi connectivity index (χ1n) is 12.1. The zero-order chi connectivity index (χ0) is 23.7. The molecule has 34 heavy (non-hydrogen) atoms. The molecule has 0 saturated carbocycles. The Bertz CT molecular complexity index is 1110. The molecule has 178 valence electrons. The fraction of sp³-hybridized carbons (Fsp3) is 0.444. The van der Waals surface area contributed by atoms with Crippen LogP contribution in [0.15, 0.2) is 42.5 Å². The highest BCUT2D eigenvalue weighted by Crippen LogP contribution is 2.35. The van der Waals surface area contributed by atoms with Gasteiger partial charge in [0, 0.05) is 38.0 Å². The van der Waals surface area contributed by atoms with Crippen molar-refractivity contribution in [2.24, 2.45) is 5.92 Å². The van der Waals surface area contributed by atoms with Crippen LogP contribution < -0.4 is 9.47 Å². The summed E-state index contributed by atoms with van der Waals surface area (Å²) in [6.45, 7) is 4.31. The van der Waals surface area contributed by atoms with Gasteiger partial charge in [0.2, 0.25) is 11.8 Å². The molecule has 1 unspecified atom stereocenters. The number of ketones is 1. The highest BCUT2D eigenvalue weighted by atomic mass is 16.6. The van der Waals surface area contributed by atoms with Crippen molar-refractivity contribution < 1.29 is 23.9 Å². The standard InChI is InChI=1S/C27H30N2O5/c1-18(30)29-13-10-19-4-2-3-5-22(19)23(29)17-26(31)28-11-8-20(9-12-28)27(32)21-6-7-24-25(16-21)34-15-14-33-24/h2-7,16,20,23H,8-15,17H2,1H3. The molecule has 7 heteroatoms. The van der Waals surface area contributed by atoms with Gasteiger partial charge in [0.15, 0.2) is 17.3 Å². The van der Waals surface area contributed by atoms with E-state index >= 15 is 0 Å². The second kappa shape index (κ2) is 9.49. The maximum Gasteiger partial charge on any atom is 0.224 e. The summed E-state index contributed by atoms with van der Waals surface area (Å²) in [6.07, 6.45) is 2.36. The number of piperidine rings is 1. The lowest BCUT2D eigenvalue weighted by molar-refractivity contribution is -0.137. The van der Waals surface area contributed by atoms with Crippen LogP contribution in [0.4, 0.5) is 0 Å². The smallest absolute Gasteiger partial charge is 0.224 e. The van der Waals surface area contributed by atoms with Gasteiger partial charge in [-0.2, -0.15) is 0 Å². The molecule has 1 atom stereocenters. The fourth-order valence-corrected chi connectivity index (χ4v) is 5.37. The van der Waals surface area contributed by atoms with Crippen LogP contribution in [0.2, 0.25) is 0 Å². The minimum absolute atomic E-state index is 0.00367. The Hall–Kier alpha value is -3.35. The minimum atomic E-state index is -0.230. The van der Waals surface area contributed by atoms with Crippen LogP contribution in [0.5, 0.6) is 11.5 Å². The molecule has 5 rings (SSSR count). The molecule has 0 radical (unpaired) electrons. The Balaban J connectivity index is 1.22. The molecule has 3 heterocycles. The van der Waals surface area contributed by atoms with E-state index in [2.05, 4.69) is 6.07 Å². The number of carbonyl (C=O) groups excluding carboxylic acids is 3. The van der Waals surface area contributed by atoms with E-state index in [1.165, 1.54) is 5.56 Å². The Morgan fingerprint density at radius 2 is 1.68 bits per heavy atom. The second-order valence-corrected chi connectivity index (χ2v) is 9.26. The molecule has 2 aromatic carbocycles. The molecular formula is C27H30N2O5. The number of amides is 2. The number of likely N-dealkylation sites (tertiary alicyclic amines) is 1. The lowest BCUT2D eigenvalue weighted by atomic mass is 9.87. The number of fused-ring (bicyclic) bond motifs is 2.